The fourth-order valence-electron chi connectivity index (χ4n) is 2.62. The first kappa shape index (κ1) is 17.7. The van der Waals surface area contributed by atoms with Crippen LogP contribution in [0.25, 0.3) is 0 Å². The Bertz CT molecular complexity index is 836. The van der Waals surface area contributed by atoms with Gasteiger partial charge in [-0.25, -0.2) is 4.79 Å². The number of carbonyl (C=O) groups is 1. The van der Waals surface area contributed by atoms with Crippen molar-refractivity contribution in [2.75, 3.05) is 5.32 Å². The molecule has 6 heteroatoms. The number of anilines is 1. The number of thiophene rings is 2. The predicted octanol–water partition coefficient (Wildman–Crippen LogP) is 4.83. The van der Waals surface area contributed by atoms with E-state index in [4.69, 9.17) is 0 Å². The first-order valence-corrected chi connectivity index (χ1v) is 9.69. The zero-order valence-electron chi connectivity index (χ0n) is 14.1. The third kappa shape index (κ3) is 4.69. The average Bonchev–Trinajstić information content (AvgIpc) is 3.23. The number of aliphatic hydroxyl groups is 1. The Hall–Kier alpha value is -2.15. The predicted molar refractivity (Wildman–Crippen MR) is 104 cm³/mol. The molecular formula is C19H20N2O2S2. The first-order chi connectivity index (χ1) is 12.0. The smallest absolute Gasteiger partial charge is 0.319 e. The van der Waals surface area contributed by atoms with Crippen molar-refractivity contribution in [2.45, 2.75) is 26.5 Å². The summed E-state index contributed by atoms with van der Waals surface area (Å²) in [6.07, 6.45) is -0.603. The van der Waals surface area contributed by atoms with Crippen molar-refractivity contribution in [1.29, 1.82) is 0 Å². The summed E-state index contributed by atoms with van der Waals surface area (Å²) in [5, 5.41) is 19.9. The van der Waals surface area contributed by atoms with Crippen molar-refractivity contribution in [3.8, 4) is 0 Å². The van der Waals surface area contributed by atoms with Crippen LogP contribution in [-0.2, 0) is 6.54 Å². The number of nitrogens with one attached hydrogen (secondary N) is 2. The summed E-state index contributed by atoms with van der Waals surface area (Å²) in [6, 6.07) is 11.5. The number of aryl methyl sites for hydroxylation is 2. The highest BCUT2D eigenvalue weighted by atomic mass is 32.1. The average molecular weight is 373 g/mol. The molecular weight excluding hydrogens is 352 g/mol. The lowest BCUT2D eigenvalue weighted by molar-refractivity contribution is 0.224. The van der Waals surface area contributed by atoms with Crippen LogP contribution < -0.4 is 10.6 Å². The van der Waals surface area contributed by atoms with Gasteiger partial charge >= 0.3 is 6.03 Å². The molecule has 0 aliphatic carbocycles. The number of carbonyl (C=O) groups excluding carboxylic acids is 1. The van der Waals surface area contributed by atoms with Gasteiger partial charge in [0.1, 0.15) is 6.10 Å². The Morgan fingerprint density at radius 3 is 2.60 bits per heavy atom. The van der Waals surface area contributed by atoms with Gasteiger partial charge in [-0.2, -0.15) is 11.3 Å². The standard InChI is InChI=1S/C19H20N2O2S2/c1-12-7-13(2)9-15(8-12)21-19(23)20-10-16-3-4-17(25-16)18(22)14-5-6-24-11-14/h3-9,11,18,22H,10H2,1-2H3,(H2,20,21,23). The van der Waals surface area contributed by atoms with E-state index >= 15 is 0 Å². The lowest BCUT2D eigenvalue weighted by Gasteiger charge is -2.09. The molecule has 25 heavy (non-hydrogen) atoms. The zero-order valence-corrected chi connectivity index (χ0v) is 15.7. The lowest BCUT2D eigenvalue weighted by atomic mass is 10.1. The number of rotatable bonds is 5. The Labute approximate surface area is 155 Å². The van der Waals surface area contributed by atoms with E-state index in [0.717, 1.165) is 32.1 Å². The Morgan fingerprint density at radius 1 is 1.16 bits per heavy atom. The van der Waals surface area contributed by atoms with Crippen LogP contribution in [0.4, 0.5) is 10.5 Å². The van der Waals surface area contributed by atoms with Crippen LogP contribution in [0.2, 0.25) is 0 Å². The number of amides is 2. The maximum absolute atomic E-state index is 12.1. The monoisotopic (exact) mass is 372 g/mol. The molecule has 0 bridgehead atoms. The summed E-state index contributed by atoms with van der Waals surface area (Å²) in [4.78, 5) is 13.9. The fraction of sp³-hybridized carbons (Fsp3) is 0.211. The van der Waals surface area contributed by atoms with Crippen LogP contribution in [0.1, 0.15) is 32.5 Å². The molecule has 3 rings (SSSR count). The Morgan fingerprint density at radius 2 is 1.92 bits per heavy atom. The van der Waals surface area contributed by atoms with Crippen molar-refractivity contribution < 1.29 is 9.90 Å². The molecule has 4 nitrogen and oxygen atoms in total. The van der Waals surface area contributed by atoms with Gasteiger partial charge in [0.2, 0.25) is 0 Å². The van der Waals surface area contributed by atoms with E-state index < -0.39 is 6.10 Å². The molecule has 0 radical (unpaired) electrons. The third-order valence-electron chi connectivity index (χ3n) is 3.71. The molecule has 2 heterocycles. The van der Waals surface area contributed by atoms with Crippen LogP contribution in [0, 0.1) is 13.8 Å². The zero-order chi connectivity index (χ0) is 17.8. The van der Waals surface area contributed by atoms with Crippen LogP contribution in [0.5, 0.6) is 0 Å². The molecule has 130 valence electrons. The highest BCUT2D eigenvalue weighted by Crippen LogP contribution is 2.29. The molecule has 0 saturated carbocycles. The number of urea groups is 1. The number of hydrogen-bond donors (Lipinski definition) is 3. The van der Waals surface area contributed by atoms with Crippen molar-refractivity contribution in [2.24, 2.45) is 0 Å². The topological polar surface area (TPSA) is 61.4 Å². The van der Waals surface area contributed by atoms with Gasteiger partial charge in [0.05, 0.1) is 6.54 Å². The second-order valence-electron chi connectivity index (χ2n) is 5.95. The van der Waals surface area contributed by atoms with E-state index in [9.17, 15) is 9.90 Å². The van der Waals surface area contributed by atoms with Gasteiger partial charge in [-0.15, -0.1) is 11.3 Å². The fourth-order valence-corrected chi connectivity index (χ4v) is 4.27. The highest BCUT2D eigenvalue weighted by molar-refractivity contribution is 7.12. The van der Waals surface area contributed by atoms with Gasteiger partial charge in [0.15, 0.2) is 0 Å². The van der Waals surface area contributed by atoms with Crippen molar-refractivity contribution in [3.05, 3.63) is 73.6 Å². The molecule has 0 spiro atoms. The minimum atomic E-state index is -0.603. The van der Waals surface area contributed by atoms with Gasteiger partial charge in [-0.3, -0.25) is 0 Å². The molecule has 0 aliphatic rings. The first-order valence-electron chi connectivity index (χ1n) is 7.93. The largest absolute Gasteiger partial charge is 0.383 e. The van der Waals surface area contributed by atoms with Crippen molar-refractivity contribution in [3.63, 3.8) is 0 Å². The maximum atomic E-state index is 12.1. The van der Waals surface area contributed by atoms with Crippen LogP contribution >= 0.6 is 22.7 Å². The minimum Gasteiger partial charge on any atom is -0.383 e. The summed E-state index contributed by atoms with van der Waals surface area (Å²) in [5.74, 6) is 0. The second-order valence-corrected chi connectivity index (χ2v) is 7.93. The Balaban J connectivity index is 1.56. The quantitative estimate of drug-likeness (QED) is 0.601. The van der Waals surface area contributed by atoms with Gasteiger partial charge < -0.3 is 15.7 Å². The van der Waals surface area contributed by atoms with Crippen molar-refractivity contribution in [1.82, 2.24) is 5.32 Å². The number of aliphatic hydroxyl groups excluding tert-OH is 1. The third-order valence-corrected chi connectivity index (χ3v) is 5.55. The molecule has 1 aromatic carbocycles. The molecule has 3 N–H and O–H groups in total. The van der Waals surface area contributed by atoms with Crippen molar-refractivity contribution >= 4 is 34.4 Å². The molecule has 1 unspecified atom stereocenters. The Kier molecular flexibility index (Phi) is 5.53. The van der Waals surface area contributed by atoms with Gasteiger partial charge in [-0.1, -0.05) is 6.07 Å². The molecule has 0 aliphatic heterocycles. The molecule has 2 amide bonds. The normalized spacial score (nSPS) is 12.0. The lowest BCUT2D eigenvalue weighted by Crippen LogP contribution is -2.27. The van der Waals surface area contributed by atoms with E-state index in [-0.39, 0.29) is 6.03 Å². The molecule has 0 saturated heterocycles. The molecule has 2 aromatic heterocycles. The van der Waals surface area contributed by atoms with E-state index in [1.54, 1.807) is 11.3 Å². The maximum Gasteiger partial charge on any atom is 0.319 e. The van der Waals surface area contributed by atoms with E-state index in [0.29, 0.717) is 6.54 Å². The highest BCUT2D eigenvalue weighted by Gasteiger charge is 2.13. The molecule has 0 fully saturated rings. The SMILES string of the molecule is Cc1cc(C)cc(NC(=O)NCc2ccc(C(O)c3ccsc3)s2)c1. The van der Waals surface area contributed by atoms with Crippen LogP contribution in [0.15, 0.2) is 47.2 Å². The minimum absolute atomic E-state index is 0.238. The van der Waals surface area contributed by atoms with Gasteiger partial charge in [0, 0.05) is 15.4 Å². The number of benzene rings is 1. The second kappa shape index (κ2) is 7.82. The number of hydrogen-bond acceptors (Lipinski definition) is 4. The van der Waals surface area contributed by atoms with Gasteiger partial charge in [-0.05, 0) is 71.6 Å². The summed E-state index contributed by atoms with van der Waals surface area (Å²) >= 11 is 3.07. The van der Waals surface area contributed by atoms with E-state index in [1.165, 1.54) is 11.3 Å². The van der Waals surface area contributed by atoms with E-state index in [2.05, 4.69) is 16.7 Å². The summed E-state index contributed by atoms with van der Waals surface area (Å²) < 4.78 is 0. The summed E-state index contributed by atoms with van der Waals surface area (Å²) in [5.41, 5.74) is 3.91. The van der Waals surface area contributed by atoms with E-state index in [1.807, 2.05) is 54.9 Å². The molecule has 1 atom stereocenters. The van der Waals surface area contributed by atoms with Crippen LogP contribution in [-0.4, -0.2) is 11.1 Å². The molecule has 3 aromatic rings. The summed E-state index contributed by atoms with van der Waals surface area (Å²) in [6.45, 7) is 4.43. The van der Waals surface area contributed by atoms with Crippen LogP contribution in [0.3, 0.4) is 0 Å². The van der Waals surface area contributed by atoms with Gasteiger partial charge in [0.25, 0.3) is 0 Å². The summed E-state index contributed by atoms with van der Waals surface area (Å²) in [7, 11) is 0.